The predicted molar refractivity (Wildman–Crippen MR) is 97.2 cm³/mol. The molecule has 0 radical (unpaired) electrons. The first-order valence-electron chi connectivity index (χ1n) is 8.53. The highest BCUT2D eigenvalue weighted by Gasteiger charge is 2.21. The standard InChI is InChI=1S/C20H31NO2/c1-14(2)18-9-7-17(8-10-18)13-16(5)11-12-21-19(15(3)4)20(22)23-6/h7-10,12,14-16,19H,11,13H2,1-6H3/b21-12+. The summed E-state index contributed by atoms with van der Waals surface area (Å²) >= 11 is 0. The molecule has 0 saturated carbocycles. The van der Waals surface area contributed by atoms with Crippen molar-refractivity contribution in [1.82, 2.24) is 0 Å². The van der Waals surface area contributed by atoms with Crippen molar-refractivity contribution in [2.75, 3.05) is 7.11 Å². The molecule has 2 atom stereocenters. The topological polar surface area (TPSA) is 38.7 Å². The van der Waals surface area contributed by atoms with E-state index in [1.807, 2.05) is 20.1 Å². The third-order valence-electron chi connectivity index (χ3n) is 4.08. The van der Waals surface area contributed by atoms with Crippen molar-refractivity contribution < 1.29 is 9.53 Å². The predicted octanol–water partition coefficient (Wildman–Crippen LogP) is 4.65. The van der Waals surface area contributed by atoms with E-state index in [1.165, 1.54) is 18.2 Å². The number of hydrogen-bond donors (Lipinski definition) is 0. The van der Waals surface area contributed by atoms with Crippen molar-refractivity contribution in [1.29, 1.82) is 0 Å². The summed E-state index contributed by atoms with van der Waals surface area (Å²) in [6.07, 6.45) is 3.77. The third-order valence-corrected chi connectivity index (χ3v) is 4.08. The number of carbonyl (C=O) groups is 1. The van der Waals surface area contributed by atoms with Crippen molar-refractivity contribution >= 4 is 12.2 Å². The molecule has 128 valence electrons. The van der Waals surface area contributed by atoms with Crippen LogP contribution in [0.3, 0.4) is 0 Å². The Morgan fingerprint density at radius 2 is 1.74 bits per heavy atom. The fourth-order valence-electron chi connectivity index (χ4n) is 2.50. The van der Waals surface area contributed by atoms with E-state index in [1.54, 1.807) is 0 Å². The number of nitrogens with zero attached hydrogens (tertiary/aromatic N) is 1. The van der Waals surface area contributed by atoms with Gasteiger partial charge < -0.3 is 4.74 Å². The van der Waals surface area contributed by atoms with Crippen LogP contribution in [-0.4, -0.2) is 25.3 Å². The molecule has 0 aliphatic rings. The highest BCUT2D eigenvalue weighted by Crippen LogP contribution is 2.17. The molecule has 1 rings (SSSR count). The Morgan fingerprint density at radius 3 is 2.22 bits per heavy atom. The first-order valence-corrected chi connectivity index (χ1v) is 8.53. The summed E-state index contributed by atoms with van der Waals surface area (Å²) in [6.45, 7) is 10.6. The van der Waals surface area contributed by atoms with Gasteiger partial charge >= 0.3 is 5.97 Å². The van der Waals surface area contributed by atoms with Gasteiger partial charge in [-0.05, 0) is 41.7 Å². The van der Waals surface area contributed by atoms with Gasteiger partial charge in [-0.15, -0.1) is 0 Å². The SMILES string of the molecule is COC(=O)C(/N=C/CC(C)Cc1ccc(C(C)C)cc1)C(C)C. The number of hydrogen-bond acceptors (Lipinski definition) is 3. The fraction of sp³-hybridized carbons (Fsp3) is 0.600. The molecule has 1 aromatic rings. The Bertz CT molecular complexity index is 503. The average molecular weight is 317 g/mol. The minimum Gasteiger partial charge on any atom is -0.467 e. The lowest BCUT2D eigenvalue weighted by atomic mass is 9.95. The fourth-order valence-corrected chi connectivity index (χ4v) is 2.50. The quantitative estimate of drug-likeness (QED) is 0.517. The van der Waals surface area contributed by atoms with Gasteiger partial charge in [-0.1, -0.05) is 58.9 Å². The van der Waals surface area contributed by atoms with Crippen LogP contribution in [0.15, 0.2) is 29.3 Å². The minimum atomic E-state index is -0.391. The van der Waals surface area contributed by atoms with Crippen LogP contribution in [0.1, 0.15) is 58.1 Å². The van der Waals surface area contributed by atoms with Crippen LogP contribution in [0.2, 0.25) is 0 Å². The van der Waals surface area contributed by atoms with Gasteiger partial charge in [-0.3, -0.25) is 4.99 Å². The number of benzene rings is 1. The van der Waals surface area contributed by atoms with Crippen LogP contribution >= 0.6 is 0 Å². The summed E-state index contributed by atoms with van der Waals surface area (Å²) < 4.78 is 4.80. The molecule has 0 aliphatic carbocycles. The molecule has 23 heavy (non-hydrogen) atoms. The van der Waals surface area contributed by atoms with E-state index in [9.17, 15) is 4.79 Å². The summed E-state index contributed by atoms with van der Waals surface area (Å²) in [6, 6.07) is 8.47. The second-order valence-corrected chi connectivity index (χ2v) is 6.98. The molecular formula is C20H31NO2. The van der Waals surface area contributed by atoms with Crippen LogP contribution in [0.25, 0.3) is 0 Å². The van der Waals surface area contributed by atoms with Gasteiger partial charge in [0, 0.05) is 6.21 Å². The lowest BCUT2D eigenvalue weighted by molar-refractivity contribution is -0.143. The lowest BCUT2D eigenvalue weighted by Crippen LogP contribution is -2.26. The number of aliphatic imine (C=N–C) groups is 1. The molecular weight excluding hydrogens is 286 g/mol. The lowest BCUT2D eigenvalue weighted by Gasteiger charge is -2.14. The number of ether oxygens (including phenoxy) is 1. The van der Waals surface area contributed by atoms with Gasteiger partial charge in [0.25, 0.3) is 0 Å². The van der Waals surface area contributed by atoms with Crippen LogP contribution < -0.4 is 0 Å². The third kappa shape index (κ3) is 6.55. The Labute approximate surface area is 141 Å². The zero-order chi connectivity index (χ0) is 17.4. The molecule has 0 aromatic heterocycles. The van der Waals surface area contributed by atoms with Crippen molar-refractivity contribution in [3.63, 3.8) is 0 Å². The van der Waals surface area contributed by atoms with Crippen molar-refractivity contribution in [3.8, 4) is 0 Å². The van der Waals surface area contributed by atoms with E-state index in [0.29, 0.717) is 11.8 Å². The molecule has 0 N–H and O–H groups in total. The molecule has 3 nitrogen and oxygen atoms in total. The van der Waals surface area contributed by atoms with Crippen LogP contribution in [0.4, 0.5) is 0 Å². The van der Waals surface area contributed by atoms with Crippen LogP contribution in [0, 0.1) is 11.8 Å². The maximum Gasteiger partial charge on any atom is 0.330 e. The van der Waals surface area contributed by atoms with Gasteiger partial charge in [0.05, 0.1) is 7.11 Å². The first kappa shape index (κ1) is 19.4. The Morgan fingerprint density at radius 1 is 1.13 bits per heavy atom. The Hall–Kier alpha value is -1.64. The van der Waals surface area contributed by atoms with Crippen molar-refractivity contribution in [3.05, 3.63) is 35.4 Å². The number of methoxy groups -OCH3 is 1. The molecule has 0 saturated heterocycles. The second-order valence-electron chi connectivity index (χ2n) is 6.98. The van der Waals surface area contributed by atoms with E-state index in [-0.39, 0.29) is 11.9 Å². The number of carbonyl (C=O) groups excluding carboxylic acids is 1. The molecule has 0 amide bonds. The highest BCUT2D eigenvalue weighted by atomic mass is 16.5. The smallest absolute Gasteiger partial charge is 0.330 e. The number of esters is 1. The van der Waals surface area contributed by atoms with Crippen molar-refractivity contribution in [2.24, 2.45) is 16.8 Å². The monoisotopic (exact) mass is 317 g/mol. The molecule has 1 aromatic carbocycles. The van der Waals surface area contributed by atoms with Crippen molar-refractivity contribution in [2.45, 2.75) is 59.4 Å². The van der Waals surface area contributed by atoms with E-state index in [4.69, 9.17) is 4.74 Å². The minimum absolute atomic E-state index is 0.151. The largest absolute Gasteiger partial charge is 0.467 e. The summed E-state index contributed by atoms with van der Waals surface area (Å²) in [5, 5.41) is 0. The van der Waals surface area contributed by atoms with E-state index < -0.39 is 6.04 Å². The first-order chi connectivity index (χ1) is 10.8. The molecule has 3 heteroatoms. The molecule has 0 bridgehead atoms. The van der Waals surface area contributed by atoms with E-state index >= 15 is 0 Å². The average Bonchev–Trinajstić information content (AvgIpc) is 2.51. The van der Waals surface area contributed by atoms with E-state index in [2.05, 4.69) is 50.0 Å². The Kier molecular flexibility index (Phi) is 8.01. The van der Waals surface area contributed by atoms with Gasteiger partial charge in [0.1, 0.15) is 6.04 Å². The summed E-state index contributed by atoms with van der Waals surface area (Å²) in [5.74, 6) is 0.958. The summed E-state index contributed by atoms with van der Waals surface area (Å²) in [4.78, 5) is 16.1. The van der Waals surface area contributed by atoms with E-state index in [0.717, 1.165) is 12.8 Å². The zero-order valence-corrected chi connectivity index (χ0v) is 15.4. The normalized spacial score (nSPS) is 14.4. The summed E-state index contributed by atoms with van der Waals surface area (Å²) in [5.41, 5.74) is 2.73. The van der Waals surface area contributed by atoms with Crippen LogP contribution in [0.5, 0.6) is 0 Å². The molecule has 0 aliphatic heterocycles. The molecule has 0 fully saturated rings. The van der Waals surface area contributed by atoms with Gasteiger partial charge in [-0.25, -0.2) is 4.79 Å². The zero-order valence-electron chi connectivity index (χ0n) is 15.4. The maximum atomic E-state index is 11.7. The van der Waals surface area contributed by atoms with Gasteiger partial charge in [0.15, 0.2) is 0 Å². The van der Waals surface area contributed by atoms with Gasteiger partial charge in [0.2, 0.25) is 0 Å². The second kappa shape index (κ2) is 9.49. The molecule has 0 spiro atoms. The Balaban J connectivity index is 2.54. The number of rotatable bonds is 8. The van der Waals surface area contributed by atoms with Gasteiger partial charge in [-0.2, -0.15) is 0 Å². The molecule has 2 unspecified atom stereocenters. The summed E-state index contributed by atoms with van der Waals surface area (Å²) in [7, 11) is 1.41. The maximum absolute atomic E-state index is 11.7. The van der Waals surface area contributed by atoms with Crippen LogP contribution in [-0.2, 0) is 16.0 Å². The molecule has 0 heterocycles. The highest BCUT2D eigenvalue weighted by molar-refractivity contribution is 5.78.